The summed E-state index contributed by atoms with van der Waals surface area (Å²) in [5.74, 6) is -0.733. The van der Waals surface area contributed by atoms with Gasteiger partial charge in [-0.25, -0.2) is 4.39 Å². The smallest absolute Gasteiger partial charge is 0.225 e. The maximum atomic E-state index is 13.2. The lowest BCUT2D eigenvalue weighted by atomic mass is 10.0. The summed E-state index contributed by atoms with van der Waals surface area (Å²) in [6.45, 7) is 4.72. The summed E-state index contributed by atoms with van der Waals surface area (Å²) in [4.78, 5) is 25.8. The van der Waals surface area contributed by atoms with Crippen LogP contribution in [0.3, 0.4) is 0 Å². The Bertz CT molecular complexity index is 591. The fraction of sp³-hybridized carbons (Fsp3) is 0.556. The zero-order chi connectivity index (χ0) is 17.7. The molecule has 1 aromatic rings. The van der Waals surface area contributed by atoms with Gasteiger partial charge in [0, 0.05) is 25.0 Å². The van der Waals surface area contributed by atoms with Gasteiger partial charge in [-0.3, -0.25) is 9.59 Å². The first kappa shape index (κ1) is 18.4. The summed E-state index contributed by atoms with van der Waals surface area (Å²) in [6, 6.07) is 5.59. The topological polar surface area (TPSA) is 69.6 Å². The summed E-state index contributed by atoms with van der Waals surface area (Å²) in [6.07, 6.45) is 0.534. The molecule has 5 nitrogen and oxygen atoms in total. The Morgan fingerprint density at radius 2 is 2.17 bits per heavy atom. The molecule has 132 valence electrons. The van der Waals surface area contributed by atoms with Crippen LogP contribution in [-0.2, 0) is 9.59 Å². The maximum Gasteiger partial charge on any atom is 0.225 e. The Balaban J connectivity index is 1.90. The second-order valence-corrected chi connectivity index (χ2v) is 6.62. The summed E-state index contributed by atoms with van der Waals surface area (Å²) >= 11 is 0. The summed E-state index contributed by atoms with van der Waals surface area (Å²) < 4.78 is 13.2. The number of carbonyl (C=O) groups is 2. The lowest BCUT2D eigenvalue weighted by molar-refractivity contribution is -0.136. The van der Waals surface area contributed by atoms with Crippen LogP contribution in [-0.4, -0.2) is 41.0 Å². The highest BCUT2D eigenvalue weighted by atomic mass is 19.1. The number of halogens is 1. The third-order valence-electron chi connectivity index (χ3n) is 4.25. The van der Waals surface area contributed by atoms with Gasteiger partial charge in [-0.2, -0.15) is 0 Å². The first-order valence-corrected chi connectivity index (χ1v) is 8.38. The number of rotatable bonds is 5. The predicted molar refractivity (Wildman–Crippen MR) is 88.6 cm³/mol. The fourth-order valence-corrected chi connectivity index (χ4v) is 2.82. The first-order valence-electron chi connectivity index (χ1n) is 8.38. The van der Waals surface area contributed by atoms with Crippen molar-refractivity contribution in [2.45, 2.75) is 45.3 Å². The normalized spacial score (nSPS) is 19.2. The van der Waals surface area contributed by atoms with Gasteiger partial charge in [0.15, 0.2) is 0 Å². The molecule has 1 aliphatic rings. The van der Waals surface area contributed by atoms with Crippen LogP contribution < -0.4 is 5.32 Å². The van der Waals surface area contributed by atoms with Gasteiger partial charge in [-0.05, 0) is 30.5 Å². The van der Waals surface area contributed by atoms with Gasteiger partial charge < -0.3 is 15.3 Å². The summed E-state index contributed by atoms with van der Waals surface area (Å²) in [5, 5.41) is 13.1. The van der Waals surface area contributed by atoms with Crippen LogP contribution in [0.15, 0.2) is 24.3 Å². The second kappa shape index (κ2) is 8.24. The molecule has 6 heteroatoms. The van der Waals surface area contributed by atoms with E-state index >= 15 is 0 Å². The summed E-state index contributed by atoms with van der Waals surface area (Å²) in [7, 11) is 0. The zero-order valence-electron chi connectivity index (χ0n) is 14.2. The molecule has 1 fully saturated rings. The Morgan fingerprint density at radius 3 is 2.83 bits per heavy atom. The molecule has 2 rings (SSSR count). The van der Waals surface area contributed by atoms with E-state index in [2.05, 4.69) is 5.32 Å². The molecular weight excluding hydrogens is 311 g/mol. The van der Waals surface area contributed by atoms with E-state index in [0.717, 1.165) is 12.8 Å². The third kappa shape index (κ3) is 5.03. The van der Waals surface area contributed by atoms with Crippen molar-refractivity contribution in [3.05, 3.63) is 35.6 Å². The van der Waals surface area contributed by atoms with Crippen molar-refractivity contribution in [2.24, 2.45) is 5.92 Å². The molecule has 2 amide bonds. The maximum absolute atomic E-state index is 13.2. The van der Waals surface area contributed by atoms with Gasteiger partial charge in [0.25, 0.3) is 0 Å². The number of nitrogens with zero attached hydrogens (tertiary/aromatic N) is 1. The molecule has 2 atom stereocenters. The van der Waals surface area contributed by atoms with Crippen LogP contribution in [0.2, 0.25) is 0 Å². The fourth-order valence-electron chi connectivity index (χ4n) is 2.82. The van der Waals surface area contributed by atoms with E-state index in [-0.39, 0.29) is 30.2 Å². The average Bonchev–Trinajstić information content (AvgIpc) is 2.54. The Kier molecular flexibility index (Phi) is 6.31. The molecule has 2 unspecified atom stereocenters. The van der Waals surface area contributed by atoms with Crippen molar-refractivity contribution in [2.75, 3.05) is 13.1 Å². The molecule has 1 heterocycles. The van der Waals surface area contributed by atoms with E-state index in [9.17, 15) is 19.1 Å². The third-order valence-corrected chi connectivity index (χ3v) is 4.25. The molecular formula is C18H25FN2O3. The zero-order valence-corrected chi connectivity index (χ0v) is 14.2. The van der Waals surface area contributed by atoms with Gasteiger partial charge in [-0.15, -0.1) is 0 Å². The SMILES string of the molecule is CC(C)C(=O)NC1CCCN(C(=O)CC(O)c2cccc(F)c2)C1. The number of benzene rings is 1. The minimum atomic E-state index is -1.03. The van der Waals surface area contributed by atoms with Crippen LogP contribution >= 0.6 is 0 Å². The van der Waals surface area contributed by atoms with Crippen LogP contribution in [0, 0.1) is 11.7 Å². The average molecular weight is 336 g/mol. The van der Waals surface area contributed by atoms with Crippen molar-refractivity contribution in [3.63, 3.8) is 0 Å². The van der Waals surface area contributed by atoms with E-state index in [1.165, 1.54) is 18.2 Å². The predicted octanol–water partition coefficient (Wildman–Crippen LogP) is 2.01. The lowest BCUT2D eigenvalue weighted by Gasteiger charge is -2.34. The molecule has 24 heavy (non-hydrogen) atoms. The van der Waals surface area contributed by atoms with Crippen molar-refractivity contribution in [1.29, 1.82) is 0 Å². The number of amides is 2. The van der Waals surface area contributed by atoms with Crippen LogP contribution in [0.4, 0.5) is 4.39 Å². The first-order chi connectivity index (χ1) is 11.4. The molecule has 2 N–H and O–H groups in total. The lowest BCUT2D eigenvalue weighted by Crippen LogP contribution is -2.50. The molecule has 0 radical (unpaired) electrons. The number of aliphatic hydroxyl groups is 1. The molecule has 0 aliphatic carbocycles. The highest BCUT2D eigenvalue weighted by molar-refractivity contribution is 5.79. The summed E-state index contributed by atoms with van der Waals surface area (Å²) in [5.41, 5.74) is 0.394. The highest BCUT2D eigenvalue weighted by Crippen LogP contribution is 2.20. The van der Waals surface area contributed by atoms with Crippen molar-refractivity contribution in [3.8, 4) is 0 Å². The minimum Gasteiger partial charge on any atom is -0.388 e. The van der Waals surface area contributed by atoms with Gasteiger partial charge >= 0.3 is 0 Å². The van der Waals surface area contributed by atoms with E-state index in [0.29, 0.717) is 18.7 Å². The van der Waals surface area contributed by atoms with E-state index < -0.39 is 11.9 Å². The number of piperidine rings is 1. The number of aliphatic hydroxyl groups excluding tert-OH is 1. The second-order valence-electron chi connectivity index (χ2n) is 6.62. The van der Waals surface area contributed by atoms with Crippen molar-refractivity contribution >= 4 is 11.8 Å². The van der Waals surface area contributed by atoms with Gasteiger partial charge in [-0.1, -0.05) is 26.0 Å². The minimum absolute atomic E-state index is 0.0194. The monoisotopic (exact) mass is 336 g/mol. The van der Waals surface area contributed by atoms with Gasteiger partial charge in [0.2, 0.25) is 11.8 Å². The van der Waals surface area contributed by atoms with Gasteiger partial charge in [0.05, 0.1) is 12.5 Å². The number of hydrogen-bond donors (Lipinski definition) is 2. The Labute approximate surface area is 141 Å². The number of nitrogens with one attached hydrogen (secondary N) is 1. The van der Waals surface area contributed by atoms with Crippen molar-refractivity contribution < 1.29 is 19.1 Å². The molecule has 0 aromatic heterocycles. The van der Waals surface area contributed by atoms with E-state index in [4.69, 9.17) is 0 Å². The molecule has 0 spiro atoms. The number of carbonyl (C=O) groups excluding carboxylic acids is 2. The van der Waals surface area contributed by atoms with Crippen LogP contribution in [0.1, 0.15) is 44.8 Å². The largest absolute Gasteiger partial charge is 0.388 e. The number of hydrogen-bond acceptors (Lipinski definition) is 3. The van der Waals surface area contributed by atoms with E-state index in [1.54, 1.807) is 11.0 Å². The van der Waals surface area contributed by atoms with Crippen LogP contribution in [0.5, 0.6) is 0 Å². The Hall–Kier alpha value is -1.95. The molecule has 1 aliphatic heterocycles. The number of likely N-dealkylation sites (tertiary alicyclic amines) is 1. The highest BCUT2D eigenvalue weighted by Gasteiger charge is 2.26. The van der Waals surface area contributed by atoms with E-state index in [1.807, 2.05) is 13.8 Å². The van der Waals surface area contributed by atoms with Crippen LogP contribution in [0.25, 0.3) is 0 Å². The van der Waals surface area contributed by atoms with Crippen molar-refractivity contribution in [1.82, 2.24) is 10.2 Å². The molecule has 0 bridgehead atoms. The van der Waals surface area contributed by atoms with Gasteiger partial charge in [0.1, 0.15) is 5.82 Å². The molecule has 1 saturated heterocycles. The quantitative estimate of drug-likeness (QED) is 0.864. The Morgan fingerprint density at radius 1 is 1.42 bits per heavy atom. The molecule has 1 aromatic carbocycles. The standard InChI is InChI=1S/C18H25FN2O3/c1-12(2)18(24)20-15-7-4-8-21(11-15)17(23)10-16(22)13-5-3-6-14(19)9-13/h3,5-6,9,12,15-16,22H,4,7-8,10-11H2,1-2H3,(H,20,24). The molecule has 0 saturated carbocycles.